The van der Waals surface area contributed by atoms with E-state index in [0.29, 0.717) is 19.2 Å². The predicted molar refractivity (Wildman–Crippen MR) is 83.1 cm³/mol. The zero-order valence-corrected chi connectivity index (χ0v) is 13.2. The highest BCUT2D eigenvalue weighted by Gasteiger charge is 2.51. The lowest BCUT2D eigenvalue weighted by Gasteiger charge is -2.56. The van der Waals surface area contributed by atoms with Crippen molar-refractivity contribution in [1.82, 2.24) is 5.32 Å². The second-order valence-electron chi connectivity index (χ2n) is 8.46. The van der Waals surface area contributed by atoms with Crippen LogP contribution in [0, 0.1) is 17.8 Å². The van der Waals surface area contributed by atoms with Gasteiger partial charge >= 0.3 is 0 Å². The molecule has 5 rings (SSSR count). The van der Waals surface area contributed by atoms with E-state index >= 15 is 0 Å². The highest BCUT2D eigenvalue weighted by molar-refractivity contribution is 5.03. The highest BCUT2D eigenvalue weighted by atomic mass is 16.5. The second kappa shape index (κ2) is 5.82. The van der Waals surface area contributed by atoms with Crippen LogP contribution in [0.5, 0.6) is 0 Å². The third-order valence-corrected chi connectivity index (χ3v) is 6.56. The molecule has 0 aromatic carbocycles. The van der Waals surface area contributed by atoms with Gasteiger partial charge in [-0.05, 0) is 69.1 Å². The molecule has 4 bridgehead atoms. The molecule has 5 saturated carbocycles. The fourth-order valence-corrected chi connectivity index (χ4v) is 5.97. The fraction of sp³-hybridized carbons (Fsp3) is 1.00. The molecule has 0 aliphatic heterocycles. The molecule has 3 heteroatoms. The Morgan fingerprint density at radius 1 is 1.00 bits per heavy atom. The van der Waals surface area contributed by atoms with Gasteiger partial charge in [0.1, 0.15) is 0 Å². The number of nitrogens with one attached hydrogen (secondary N) is 1. The molecule has 0 aromatic heterocycles. The molecule has 5 fully saturated rings. The van der Waals surface area contributed by atoms with E-state index in [1.54, 1.807) is 0 Å². The lowest BCUT2D eigenvalue weighted by Crippen LogP contribution is -2.53. The van der Waals surface area contributed by atoms with Gasteiger partial charge in [-0.15, -0.1) is 0 Å². The molecular weight excluding hydrogens is 262 g/mol. The van der Waals surface area contributed by atoms with Gasteiger partial charge in [0.2, 0.25) is 0 Å². The molecule has 0 saturated heterocycles. The number of aliphatic hydroxyl groups excluding tert-OH is 1. The Bertz CT molecular complexity index is 329. The summed E-state index contributed by atoms with van der Waals surface area (Å²) in [6.07, 6.45) is 13.1. The minimum atomic E-state index is -0.335. The van der Waals surface area contributed by atoms with Crippen molar-refractivity contribution in [2.45, 2.75) is 82.0 Å². The van der Waals surface area contributed by atoms with Crippen LogP contribution in [0.1, 0.15) is 64.2 Å². The SMILES string of the molecule is O[C@H](CNC1CCCC1)COC12CC3CC(CC(C3)C1)C2. The molecule has 0 heterocycles. The topological polar surface area (TPSA) is 41.5 Å². The number of hydrogen-bond donors (Lipinski definition) is 2. The summed E-state index contributed by atoms with van der Waals surface area (Å²) in [6.45, 7) is 1.24. The van der Waals surface area contributed by atoms with Crippen LogP contribution in [0.4, 0.5) is 0 Å². The third kappa shape index (κ3) is 3.16. The van der Waals surface area contributed by atoms with Crippen molar-refractivity contribution in [3.63, 3.8) is 0 Å². The van der Waals surface area contributed by atoms with Crippen molar-refractivity contribution in [2.75, 3.05) is 13.2 Å². The zero-order chi connectivity index (χ0) is 14.3. The Labute approximate surface area is 128 Å². The average molecular weight is 293 g/mol. The monoisotopic (exact) mass is 293 g/mol. The summed E-state index contributed by atoms with van der Waals surface area (Å²) in [5.74, 6) is 2.76. The maximum absolute atomic E-state index is 10.2. The molecule has 1 atom stereocenters. The number of hydrogen-bond acceptors (Lipinski definition) is 3. The van der Waals surface area contributed by atoms with Gasteiger partial charge < -0.3 is 15.2 Å². The summed E-state index contributed by atoms with van der Waals surface area (Å²) in [7, 11) is 0. The maximum atomic E-state index is 10.2. The van der Waals surface area contributed by atoms with Crippen LogP contribution in [-0.4, -0.2) is 36.0 Å². The first-order valence-electron chi connectivity index (χ1n) is 9.26. The van der Waals surface area contributed by atoms with Gasteiger partial charge in [0.05, 0.1) is 18.3 Å². The molecule has 21 heavy (non-hydrogen) atoms. The normalized spacial score (nSPS) is 43.6. The van der Waals surface area contributed by atoms with Crippen LogP contribution in [0.2, 0.25) is 0 Å². The van der Waals surface area contributed by atoms with Crippen molar-refractivity contribution in [3.8, 4) is 0 Å². The summed E-state index contributed by atoms with van der Waals surface area (Å²) in [4.78, 5) is 0. The van der Waals surface area contributed by atoms with Gasteiger partial charge in [0, 0.05) is 12.6 Å². The Hall–Kier alpha value is -0.120. The molecule has 120 valence electrons. The van der Waals surface area contributed by atoms with E-state index in [-0.39, 0.29) is 11.7 Å². The van der Waals surface area contributed by atoms with Gasteiger partial charge in [0.15, 0.2) is 0 Å². The number of ether oxygens (including phenoxy) is 1. The van der Waals surface area contributed by atoms with Crippen LogP contribution in [-0.2, 0) is 4.74 Å². The van der Waals surface area contributed by atoms with E-state index in [1.807, 2.05) is 0 Å². The van der Waals surface area contributed by atoms with Crippen molar-refractivity contribution in [3.05, 3.63) is 0 Å². The molecule has 0 aromatic rings. The first-order valence-corrected chi connectivity index (χ1v) is 9.26. The average Bonchev–Trinajstić information content (AvgIpc) is 2.95. The summed E-state index contributed by atoms with van der Waals surface area (Å²) < 4.78 is 6.33. The Kier molecular flexibility index (Phi) is 4.01. The van der Waals surface area contributed by atoms with Gasteiger partial charge in [-0.1, -0.05) is 12.8 Å². The minimum absolute atomic E-state index is 0.142. The van der Waals surface area contributed by atoms with E-state index in [2.05, 4.69) is 5.32 Å². The predicted octanol–water partition coefficient (Wildman–Crippen LogP) is 2.86. The largest absolute Gasteiger partial charge is 0.389 e. The Balaban J connectivity index is 1.24. The van der Waals surface area contributed by atoms with E-state index in [4.69, 9.17) is 4.74 Å². The van der Waals surface area contributed by atoms with Crippen LogP contribution in [0.25, 0.3) is 0 Å². The molecule has 2 N–H and O–H groups in total. The first kappa shape index (κ1) is 14.5. The molecule has 3 nitrogen and oxygen atoms in total. The van der Waals surface area contributed by atoms with Gasteiger partial charge in [-0.25, -0.2) is 0 Å². The summed E-state index contributed by atoms with van der Waals surface area (Å²) in [6, 6.07) is 0.638. The van der Waals surface area contributed by atoms with E-state index in [9.17, 15) is 5.11 Å². The molecule has 0 unspecified atom stereocenters. The second-order valence-corrected chi connectivity index (χ2v) is 8.46. The highest BCUT2D eigenvalue weighted by Crippen LogP contribution is 2.57. The molecule has 0 spiro atoms. The van der Waals surface area contributed by atoms with Crippen molar-refractivity contribution in [1.29, 1.82) is 0 Å². The maximum Gasteiger partial charge on any atom is 0.0898 e. The van der Waals surface area contributed by atoms with Gasteiger partial charge in [-0.3, -0.25) is 0 Å². The number of aliphatic hydroxyl groups is 1. The molecule has 0 radical (unpaired) electrons. The smallest absolute Gasteiger partial charge is 0.0898 e. The van der Waals surface area contributed by atoms with E-state index in [0.717, 1.165) is 17.8 Å². The lowest BCUT2D eigenvalue weighted by atomic mass is 9.54. The molecule has 0 amide bonds. The Morgan fingerprint density at radius 2 is 1.57 bits per heavy atom. The van der Waals surface area contributed by atoms with Gasteiger partial charge in [0.25, 0.3) is 0 Å². The summed E-state index contributed by atoms with van der Waals surface area (Å²) >= 11 is 0. The van der Waals surface area contributed by atoms with E-state index in [1.165, 1.54) is 64.2 Å². The van der Waals surface area contributed by atoms with Crippen molar-refractivity contribution < 1.29 is 9.84 Å². The minimum Gasteiger partial charge on any atom is -0.389 e. The third-order valence-electron chi connectivity index (χ3n) is 6.56. The van der Waals surface area contributed by atoms with E-state index < -0.39 is 0 Å². The van der Waals surface area contributed by atoms with Crippen LogP contribution >= 0.6 is 0 Å². The summed E-state index contributed by atoms with van der Waals surface area (Å²) in [5.41, 5.74) is 0.142. The summed E-state index contributed by atoms with van der Waals surface area (Å²) in [5, 5.41) is 13.7. The zero-order valence-electron chi connectivity index (χ0n) is 13.2. The van der Waals surface area contributed by atoms with Crippen LogP contribution in [0.15, 0.2) is 0 Å². The number of rotatable bonds is 6. The van der Waals surface area contributed by atoms with Crippen LogP contribution in [0.3, 0.4) is 0 Å². The van der Waals surface area contributed by atoms with Gasteiger partial charge in [-0.2, -0.15) is 0 Å². The Morgan fingerprint density at radius 3 is 2.14 bits per heavy atom. The van der Waals surface area contributed by atoms with Crippen molar-refractivity contribution in [2.24, 2.45) is 17.8 Å². The molecule has 5 aliphatic carbocycles. The standard InChI is InChI=1S/C18H31NO2/c20-17(11-19-16-3-1-2-4-16)12-21-18-8-13-5-14(9-18)7-15(6-13)10-18/h13-17,19-20H,1-12H2/t13?,14?,15?,17-,18?/m1/s1. The first-order chi connectivity index (χ1) is 10.2. The van der Waals surface area contributed by atoms with Crippen LogP contribution < -0.4 is 5.32 Å². The molecular formula is C18H31NO2. The fourth-order valence-electron chi connectivity index (χ4n) is 5.97. The quantitative estimate of drug-likeness (QED) is 0.791. The van der Waals surface area contributed by atoms with Crippen molar-refractivity contribution >= 4 is 0 Å². The lowest BCUT2D eigenvalue weighted by molar-refractivity contribution is -0.174. The molecule has 5 aliphatic rings.